The van der Waals surface area contributed by atoms with E-state index in [2.05, 4.69) is 5.32 Å². The lowest BCUT2D eigenvalue weighted by atomic mass is 9.81. The van der Waals surface area contributed by atoms with E-state index in [1.54, 1.807) is 24.3 Å². The van der Waals surface area contributed by atoms with Gasteiger partial charge in [0.25, 0.3) is 5.91 Å². The van der Waals surface area contributed by atoms with Crippen molar-refractivity contribution in [2.45, 2.75) is 31.0 Å². The van der Waals surface area contributed by atoms with Crippen molar-refractivity contribution in [1.82, 2.24) is 5.32 Å². The van der Waals surface area contributed by atoms with Crippen molar-refractivity contribution >= 4 is 11.8 Å². The summed E-state index contributed by atoms with van der Waals surface area (Å²) in [5.74, 6) is -0.809. The van der Waals surface area contributed by atoms with Crippen molar-refractivity contribution in [1.29, 1.82) is 0 Å². The van der Waals surface area contributed by atoms with Gasteiger partial charge in [0.05, 0.1) is 6.61 Å². The maximum Gasteiger partial charge on any atom is 0.252 e. The summed E-state index contributed by atoms with van der Waals surface area (Å²) in [6, 6.07) is 37.7. The Morgan fingerprint density at radius 1 is 0.830 bits per heavy atom. The minimum absolute atomic E-state index is 0.0249. The molecular formula is C39H34F2N2O4. The van der Waals surface area contributed by atoms with E-state index < -0.39 is 29.2 Å². The number of benzene rings is 5. The van der Waals surface area contributed by atoms with Crippen LogP contribution in [0.2, 0.25) is 0 Å². The highest BCUT2D eigenvalue weighted by atomic mass is 19.1. The fourth-order valence-corrected chi connectivity index (χ4v) is 5.68. The Labute approximate surface area is 272 Å². The van der Waals surface area contributed by atoms with E-state index in [-0.39, 0.29) is 31.0 Å². The molecule has 1 aliphatic heterocycles. The van der Waals surface area contributed by atoms with Gasteiger partial charge in [-0.1, -0.05) is 84.9 Å². The van der Waals surface area contributed by atoms with E-state index in [1.807, 2.05) is 84.9 Å². The van der Waals surface area contributed by atoms with E-state index in [4.69, 9.17) is 19.6 Å². The maximum atomic E-state index is 14.6. The maximum absolute atomic E-state index is 14.6. The fourth-order valence-electron chi connectivity index (χ4n) is 5.68. The van der Waals surface area contributed by atoms with Crippen LogP contribution in [0.15, 0.2) is 132 Å². The second-order valence-corrected chi connectivity index (χ2v) is 11.4. The molecular weight excluding hydrogens is 598 g/mol. The molecule has 0 fully saturated rings. The third-order valence-corrected chi connectivity index (χ3v) is 8.11. The van der Waals surface area contributed by atoms with Crippen molar-refractivity contribution in [3.05, 3.63) is 161 Å². The van der Waals surface area contributed by atoms with Gasteiger partial charge in [-0.3, -0.25) is 4.79 Å². The zero-order chi connectivity index (χ0) is 32.6. The number of aliphatic imine (C=N–C) groups is 1. The molecule has 0 aliphatic carbocycles. The van der Waals surface area contributed by atoms with Crippen LogP contribution in [0.1, 0.15) is 34.8 Å². The van der Waals surface area contributed by atoms with Gasteiger partial charge in [-0.15, -0.1) is 0 Å². The molecule has 47 heavy (non-hydrogen) atoms. The van der Waals surface area contributed by atoms with Gasteiger partial charge >= 0.3 is 0 Å². The number of rotatable bonds is 12. The summed E-state index contributed by atoms with van der Waals surface area (Å²) in [4.78, 5) is 19.5. The van der Waals surface area contributed by atoms with Crippen molar-refractivity contribution < 1.29 is 28.2 Å². The highest BCUT2D eigenvalue weighted by Crippen LogP contribution is 2.43. The standard InChI is InChI=1S/C39H34F2N2O4/c40-33-18-21-35(41)32(24-33)26-42-38(45)39(25-27-8-3-1-4-9-27)36(30-14-12-29(13-15-30)28-10-5-2-6-11-28)47-37(43-39)31-16-19-34(20-17-31)46-23-7-22-44/h1-6,8-21,24,36,44H,7,22-23,25-26H2,(H,42,45)/t36-,39-/m1/s1. The third kappa shape index (κ3) is 7.23. The Balaban J connectivity index is 1.40. The number of aliphatic hydroxyl groups is 1. The number of ether oxygens (including phenoxy) is 2. The Hall–Kier alpha value is -5.34. The second-order valence-electron chi connectivity index (χ2n) is 11.4. The van der Waals surface area contributed by atoms with Crippen molar-refractivity contribution in [2.75, 3.05) is 13.2 Å². The van der Waals surface area contributed by atoms with Gasteiger partial charge in [-0.05, 0) is 64.7 Å². The number of aliphatic hydroxyl groups excluding tert-OH is 1. The number of amides is 1. The van der Waals surface area contributed by atoms with E-state index >= 15 is 0 Å². The minimum Gasteiger partial charge on any atom is -0.494 e. The smallest absolute Gasteiger partial charge is 0.252 e. The number of carbonyl (C=O) groups is 1. The first kappa shape index (κ1) is 31.6. The van der Waals surface area contributed by atoms with Gasteiger partial charge in [0, 0.05) is 37.1 Å². The SMILES string of the molecule is O=C(NCc1cc(F)ccc1F)[C@]1(Cc2ccccc2)N=C(c2ccc(OCCCO)cc2)O[C@@H]1c1ccc(-c2ccccc2)cc1. The first-order chi connectivity index (χ1) is 22.9. The van der Waals surface area contributed by atoms with Crippen LogP contribution in [-0.4, -0.2) is 35.7 Å². The van der Waals surface area contributed by atoms with Gasteiger partial charge in [0.15, 0.2) is 11.6 Å². The first-order valence-corrected chi connectivity index (χ1v) is 15.5. The molecule has 0 radical (unpaired) electrons. The molecule has 0 unspecified atom stereocenters. The van der Waals surface area contributed by atoms with Crippen LogP contribution >= 0.6 is 0 Å². The number of hydrogen-bond acceptors (Lipinski definition) is 5. The Morgan fingerprint density at radius 2 is 1.49 bits per heavy atom. The Bertz CT molecular complexity index is 1830. The summed E-state index contributed by atoms with van der Waals surface area (Å²) < 4.78 is 40.9. The molecule has 0 saturated carbocycles. The van der Waals surface area contributed by atoms with Crippen LogP contribution in [0.5, 0.6) is 5.75 Å². The minimum atomic E-state index is -1.49. The summed E-state index contributed by atoms with van der Waals surface area (Å²) in [5.41, 5.74) is 2.81. The van der Waals surface area contributed by atoms with Crippen molar-refractivity contribution in [3.63, 3.8) is 0 Å². The fraction of sp³-hybridized carbons (Fsp3) is 0.179. The molecule has 0 spiro atoms. The number of hydrogen-bond donors (Lipinski definition) is 2. The Kier molecular flexibility index (Phi) is 9.69. The average molecular weight is 633 g/mol. The van der Waals surface area contributed by atoms with Crippen molar-refractivity contribution in [3.8, 4) is 16.9 Å². The zero-order valence-corrected chi connectivity index (χ0v) is 25.6. The molecule has 1 heterocycles. The highest BCUT2D eigenvalue weighted by molar-refractivity contribution is 6.01. The topological polar surface area (TPSA) is 80.2 Å². The lowest BCUT2D eigenvalue weighted by molar-refractivity contribution is -0.129. The molecule has 5 aromatic carbocycles. The summed E-state index contributed by atoms with van der Waals surface area (Å²) in [6.45, 7) is 0.178. The lowest BCUT2D eigenvalue weighted by Crippen LogP contribution is -2.49. The van der Waals surface area contributed by atoms with E-state index in [9.17, 15) is 13.6 Å². The molecule has 8 heteroatoms. The quantitative estimate of drug-likeness (QED) is 0.143. The predicted molar refractivity (Wildman–Crippen MR) is 177 cm³/mol. The second kappa shape index (κ2) is 14.4. The molecule has 5 aromatic rings. The summed E-state index contributed by atoms with van der Waals surface area (Å²) in [7, 11) is 0. The van der Waals surface area contributed by atoms with Gasteiger partial charge in [0.1, 0.15) is 17.4 Å². The summed E-state index contributed by atoms with van der Waals surface area (Å²) >= 11 is 0. The largest absolute Gasteiger partial charge is 0.494 e. The molecule has 0 bridgehead atoms. The highest BCUT2D eigenvalue weighted by Gasteiger charge is 2.53. The Morgan fingerprint density at radius 3 is 2.19 bits per heavy atom. The normalized spacial score (nSPS) is 17.1. The average Bonchev–Trinajstić information content (AvgIpc) is 3.50. The van der Waals surface area contributed by atoms with Gasteiger partial charge < -0.3 is 19.9 Å². The zero-order valence-electron chi connectivity index (χ0n) is 25.6. The predicted octanol–water partition coefficient (Wildman–Crippen LogP) is 7.21. The van der Waals surface area contributed by atoms with Gasteiger partial charge in [-0.2, -0.15) is 0 Å². The molecule has 1 amide bonds. The van der Waals surface area contributed by atoms with Crippen LogP contribution in [0.25, 0.3) is 11.1 Å². The molecule has 2 N–H and O–H groups in total. The van der Waals surface area contributed by atoms with Gasteiger partial charge in [0.2, 0.25) is 5.90 Å². The molecule has 0 aromatic heterocycles. The first-order valence-electron chi connectivity index (χ1n) is 15.5. The number of nitrogens with zero attached hydrogens (tertiary/aromatic N) is 1. The van der Waals surface area contributed by atoms with E-state index in [1.165, 1.54) is 0 Å². The molecule has 238 valence electrons. The van der Waals surface area contributed by atoms with Crippen LogP contribution in [0.4, 0.5) is 8.78 Å². The number of carbonyl (C=O) groups excluding carboxylic acids is 1. The molecule has 6 nitrogen and oxygen atoms in total. The monoisotopic (exact) mass is 632 g/mol. The van der Waals surface area contributed by atoms with E-state index in [0.717, 1.165) is 40.5 Å². The number of nitrogens with one attached hydrogen (secondary N) is 1. The third-order valence-electron chi connectivity index (χ3n) is 8.11. The molecule has 0 saturated heterocycles. The van der Waals surface area contributed by atoms with Crippen LogP contribution in [0, 0.1) is 11.6 Å². The summed E-state index contributed by atoms with van der Waals surface area (Å²) in [6.07, 6.45) is -0.151. The van der Waals surface area contributed by atoms with Crippen LogP contribution in [-0.2, 0) is 22.5 Å². The number of halogens is 2. The molecule has 1 aliphatic rings. The van der Waals surface area contributed by atoms with Gasteiger partial charge in [-0.25, -0.2) is 13.8 Å². The molecule has 6 rings (SSSR count). The lowest BCUT2D eigenvalue weighted by Gasteiger charge is -2.31. The van der Waals surface area contributed by atoms with Crippen LogP contribution in [0.3, 0.4) is 0 Å². The van der Waals surface area contributed by atoms with Crippen LogP contribution < -0.4 is 10.1 Å². The van der Waals surface area contributed by atoms with Crippen molar-refractivity contribution in [2.24, 2.45) is 4.99 Å². The van der Waals surface area contributed by atoms with E-state index in [0.29, 0.717) is 24.3 Å². The summed E-state index contributed by atoms with van der Waals surface area (Å²) in [5, 5.41) is 11.9. The molecule has 2 atom stereocenters.